The standard InChI is InChI=1S/C22H34O2.C14H20O4.C10H14O/c1-5-17(4)18-13-15-19(16-14-18)21(23)24-22(6-2,7-3)20-11-9-8-10-12-20;1-4-14(2,3)13(16)18-10-7-5-8-9(6-7)12(15)17-11(8)10;1-3-8(2)9-4-6-10(11)7-5-9/h13-17,20H,5-12H2,1-4H3;7-11H,4-6H2,1-3H3;4-8,11H,3H2,1-2H3. The molecule has 3 saturated carbocycles. The molecule has 7 nitrogen and oxygen atoms in total. The number of benzene rings is 2. The van der Waals surface area contributed by atoms with Gasteiger partial charge in [-0.05, 0) is 125 Å². The van der Waals surface area contributed by atoms with E-state index in [-0.39, 0.29) is 41.6 Å². The fourth-order valence-corrected chi connectivity index (χ4v) is 8.64. The Morgan fingerprint density at radius 3 is 1.87 bits per heavy atom. The number of carbonyl (C=O) groups excluding carboxylic acids is 3. The molecule has 294 valence electrons. The number of esters is 3. The lowest BCUT2D eigenvalue weighted by molar-refractivity contribution is -0.170. The second-order valence-corrected chi connectivity index (χ2v) is 16.8. The van der Waals surface area contributed by atoms with Gasteiger partial charge < -0.3 is 19.3 Å². The van der Waals surface area contributed by atoms with Crippen LogP contribution in [0.3, 0.4) is 0 Å². The molecular formula is C46H68O7. The van der Waals surface area contributed by atoms with Crippen molar-refractivity contribution in [1.29, 1.82) is 0 Å². The predicted molar refractivity (Wildman–Crippen MR) is 211 cm³/mol. The third-order valence-corrected chi connectivity index (χ3v) is 13.3. The predicted octanol–water partition coefficient (Wildman–Crippen LogP) is 11.3. The molecule has 0 aromatic heterocycles. The van der Waals surface area contributed by atoms with E-state index in [0.29, 0.717) is 40.9 Å². The summed E-state index contributed by atoms with van der Waals surface area (Å²) in [6, 6.07) is 15.4. The van der Waals surface area contributed by atoms with Crippen molar-refractivity contribution >= 4 is 17.9 Å². The number of carbonyl (C=O) groups is 3. The van der Waals surface area contributed by atoms with Gasteiger partial charge in [-0.15, -0.1) is 0 Å². The topological polar surface area (TPSA) is 99.1 Å². The first-order valence-corrected chi connectivity index (χ1v) is 20.8. The summed E-state index contributed by atoms with van der Waals surface area (Å²) in [5.41, 5.74) is 2.53. The Hall–Kier alpha value is -3.35. The number of fused-ring (bicyclic) bond motifs is 1. The Kier molecular flexibility index (Phi) is 15.0. The molecule has 6 rings (SSSR count). The zero-order valence-electron chi connectivity index (χ0n) is 34.1. The minimum Gasteiger partial charge on any atom is -0.508 e. The van der Waals surface area contributed by atoms with Gasteiger partial charge in [0.05, 0.1) is 16.9 Å². The van der Waals surface area contributed by atoms with Crippen LogP contribution in [0.5, 0.6) is 5.75 Å². The number of hydrogen-bond donors (Lipinski definition) is 1. The third-order valence-electron chi connectivity index (χ3n) is 13.3. The summed E-state index contributed by atoms with van der Waals surface area (Å²) >= 11 is 0. The van der Waals surface area contributed by atoms with E-state index in [0.717, 1.165) is 44.9 Å². The van der Waals surface area contributed by atoms with Crippen molar-refractivity contribution in [3.63, 3.8) is 0 Å². The SMILES string of the molecule is CCC(C)(C)C(=O)OC1C2CC3C(=O)OC1C3C2.CCC(C)c1ccc(C(=O)OC(CC)(CC)C2CCCCC2)cc1.CCC(C)c1ccc(O)cc1. The highest BCUT2D eigenvalue weighted by Crippen LogP contribution is 2.55. The second-order valence-electron chi connectivity index (χ2n) is 16.8. The lowest BCUT2D eigenvalue weighted by Crippen LogP contribution is -2.42. The van der Waals surface area contributed by atoms with E-state index < -0.39 is 5.41 Å². The molecule has 53 heavy (non-hydrogen) atoms. The monoisotopic (exact) mass is 732 g/mol. The van der Waals surface area contributed by atoms with Crippen molar-refractivity contribution in [3.8, 4) is 5.75 Å². The van der Waals surface area contributed by atoms with Crippen LogP contribution in [0.2, 0.25) is 0 Å². The average Bonchev–Trinajstić information content (AvgIpc) is 3.83. The van der Waals surface area contributed by atoms with Gasteiger partial charge in [-0.1, -0.05) is 92.0 Å². The van der Waals surface area contributed by atoms with Crippen LogP contribution in [-0.2, 0) is 23.8 Å². The van der Waals surface area contributed by atoms with Crippen molar-refractivity contribution in [2.75, 3.05) is 0 Å². The van der Waals surface area contributed by atoms with Crippen molar-refractivity contribution < 1.29 is 33.7 Å². The highest BCUT2D eigenvalue weighted by atomic mass is 16.6. The Labute approximate surface area is 320 Å². The Morgan fingerprint density at radius 2 is 1.36 bits per heavy atom. The molecule has 7 atom stereocenters. The van der Waals surface area contributed by atoms with Crippen molar-refractivity contribution in [2.45, 2.75) is 169 Å². The number of phenols is 1. The maximum absolute atomic E-state index is 12.7. The molecule has 2 aromatic rings. The molecule has 4 aliphatic rings. The molecule has 2 aromatic carbocycles. The van der Waals surface area contributed by atoms with E-state index in [1.54, 1.807) is 12.1 Å². The van der Waals surface area contributed by atoms with Crippen LogP contribution in [0.25, 0.3) is 0 Å². The molecule has 1 aliphatic heterocycles. The number of aromatic hydroxyl groups is 1. The molecule has 1 saturated heterocycles. The number of rotatable bonds is 12. The van der Waals surface area contributed by atoms with E-state index in [9.17, 15) is 14.4 Å². The van der Waals surface area contributed by atoms with Crippen LogP contribution in [0.4, 0.5) is 0 Å². The fraction of sp³-hybridized carbons (Fsp3) is 0.674. The zero-order valence-corrected chi connectivity index (χ0v) is 34.1. The summed E-state index contributed by atoms with van der Waals surface area (Å²) in [5, 5.41) is 9.01. The fourth-order valence-electron chi connectivity index (χ4n) is 8.64. The van der Waals surface area contributed by atoms with Crippen LogP contribution in [-0.4, -0.2) is 40.8 Å². The van der Waals surface area contributed by atoms with Crippen LogP contribution < -0.4 is 0 Å². The molecule has 0 amide bonds. The minimum atomic E-state index is -0.455. The van der Waals surface area contributed by atoms with Gasteiger partial charge in [-0.3, -0.25) is 9.59 Å². The van der Waals surface area contributed by atoms with Gasteiger partial charge in [0, 0.05) is 11.8 Å². The summed E-state index contributed by atoms with van der Waals surface area (Å²) in [6.45, 7) is 18.9. The molecule has 1 heterocycles. The molecule has 0 spiro atoms. The molecule has 0 radical (unpaired) electrons. The zero-order chi connectivity index (χ0) is 38.9. The molecular weight excluding hydrogens is 664 g/mol. The summed E-state index contributed by atoms with van der Waals surface area (Å²) in [5.74, 6) is 2.29. The quantitative estimate of drug-likeness (QED) is 0.171. The lowest BCUT2D eigenvalue weighted by Gasteiger charge is -2.41. The number of hydrogen-bond acceptors (Lipinski definition) is 7. The largest absolute Gasteiger partial charge is 0.508 e. The van der Waals surface area contributed by atoms with E-state index in [4.69, 9.17) is 19.3 Å². The van der Waals surface area contributed by atoms with Gasteiger partial charge in [0.2, 0.25) is 0 Å². The normalized spacial score (nSPS) is 24.5. The summed E-state index contributed by atoms with van der Waals surface area (Å²) < 4.78 is 17.2. The molecule has 1 N–H and O–H groups in total. The van der Waals surface area contributed by atoms with Crippen LogP contribution in [0, 0.1) is 29.1 Å². The van der Waals surface area contributed by atoms with E-state index in [1.807, 2.05) is 45.0 Å². The van der Waals surface area contributed by atoms with Crippen LogP contribution in [0.1, 0.15) is 173 Å². The highest BCUT2D eigenvalue weighted by molar-refractivity contribution is 5.89. The van der Waals surface area contributed by atoms with E-state index in [2.05, 4.69) is 53.7 Å². The lowest BCUT2D eigenvalue weighted by atomic mass is 9.74. The first kappa shape index (κ1) is 42.4. The van der Waals surface area contributed by atoms with E-state index >= 15 is 0 Å². The Morgan fingerprint density at radius 1 is 0.811 bits per heavy atom. The van der Waals surface area contributed by atoms with Gasteiger partial charge in [0.15, 0.2) is 0 Å². The molecule has 3 aliphatic carbocycles. The molecule has 7 heteroatoms. The molecule has 7 unspecified atom stereocenters. The van der Waals surface area contributed by atoms with Crippen molar-refractivity contribution in [2.24, 2.45) is 29.1 Å². The summed E-state index contributed by atoms with van der Waals surface area (Å²) in [7, 11) is 0. The first-order chi connectivity index (χ1) is 25.2. The minimum absolute atomic E-state index is 0.0779. The smallest absolute Gasteiger partial charge is 0.338 e. The van der Waals surface area contributed by atoms with Crippen LogP contribution in [0.15, 0.2) is 48.5 Å². The Bertz CT molecular complexity index is 1470. The van der Waals surface area contributed by atoms with Gasteiger partial charge in [0.25, 0.3) is 0 Å². The highest BCUT2D eigenvalue weighted by Gasteiger charge is 2.63. The Balaban J connectivity index is 0.000000190. The van der Waals surface area contributed by atoms with Gasteiger partial charge in [-0.25, -0.2) is 4.79 Å². The first-order valence-electron chi connectivity index (χ1n) is 20.8. The van der Waals surface area contributed by atoms with E-state index in [1.165, 1.54) is 43.2 Å². The van der Waals surface area contributed by atoms with Gasteiger partial charge in [-0.2, -0.15) is 0 Å². The average molecular weight is 733 g/mol. The van der Waals surface area contributed by atoms with Crippen LogP contribution >= 0.6 is 0 Å². The molecule has 4 fully saturated rings. The number of ether oxygens (including phenoxy) is 3. The summed E-state index contributed by atoms with van der Waals surface area (Å²) in [4.78, 5) is 36.5. The molecule has 2 bridgehead atoms. The van der Waals surface area contributed by atoms with Crippen molar-refractivity contribution in [1.82, 2.24) is 0 Å². The van der Waals surface area contributed by atoms with Gasteiger partial charge >= 0.3 is 17.9 Å². The van der Waals surface area contributed by atoms with Crippen molar-refractivity contribution in [3.05, 3.63) is 65.2 Å². The number of phenolic OH excluding ortho intramolecular Hbond substituents is 1. The summed E-state index contributed by atoms with van der Waals surface area (Å²) in [6.07, 6.45) is 12.5. The second kappa shape index (κ2) is 18.8. The van der Waals surface area contributed by atoms with Gasteiger partial charge in [0.1, 0.15) is 23.6 Å². The maximum Gasteiger partial charge on any atom is 0.338 e. The maximum atomic E-state index is 12.7. The third kappa shape index (κ3) is 10.0.